The maximum Gasteiger partial charge on any atom is 0.129 e. The van der Waals surface area contributed by atoms with Crippen molar-refractivity contribution in [1.29, 1.82) is 0 Å². The molecular weight excluding hydrogens is 248 g/mol. The molecule has 20 heavy (non-hydrogen) atoms. The molecule has 2 heterocycles. The first-order chi connectivity index (χ1) is 9.90. The zero-order chi connectivity index (χ0) is 13.6. The molecule has 3 rings (SSSR count). The minimum absolute atomic E-state index is 0.623. The molecule has 110 valence electrons. The van der Waals surface area contributed by atoms with Crippen LogP contribution in [-0.2, 0) is 6.42 Å². The maximum atomic E-state index is 4.42. The predicted octanol–water partition coefficient (Wildman–Crippen LogP) is 2.91. The van der Waals surface area contributed by atoms with E-state index in [4.69, 9.17) is 0 Å². The predicted molar refractivity (Wildman–Crippen MR) is 81.9 cm³/mol. The lowest BCUT2D eigenvalue weighted by molar-refractivity contribution is 0.382. The van der Waals surface area contributed by atoms with Crippen LogP contribution in [-0.4, -0.2) is 28.6 Å². The van der Waals surface area contributed by atoms with E-state index < -0.39 is 0 Å². The molecule has 0 amide bonds. The summed E-state index contributed by atoms with van der Waals surface area (Å²) in [6.07, 6.45) is 13.2. The number of aromatic nitrogens is 2. The van der Waals surface area contributed by atoms with Crippen molar-refractivity contribution in [2.24, 2.45) is 0 Å². The molecule has 1 aromatic rings. The van der Waals surface area contributed by atoms with Gasteiger partial charge in [-0.2, -0.15) is 0 Å². The highest BCUT2D eigenvalue weighted by atomic mass is 15.0. The van der Waals surface area contributed by atoms with Crippen LogP contribution in [0.1, 0.15) is 57.1 Å². The highest BCUT2D eigenvalue weighted by Crippen LogP contribution is 2.21. The average Bonchev–Trinajstić information content (AvgIpc) is 3.00. The van der Waals surface area contributed by atoms with E-state index in [1.54, 1.807) is 6.33 Å². The third-order valence-electron chi connectivity index (χ3n) is 4.59. The van der Waals surface area contributed by atoms with Gasteiger partial charge in [0.15, 0.2) is 0 Å². The first-order valence-electron chi connectivity index (χ1n) is 8.21. The van der Waals surface area contributed by atoms with E-state index in [9.17, 15) is 0 Å². The average molecular weight is 274 g/mol. The number of hydrogen-bond donors (Lipinski definition) is 2. The summed E-state index contributed by atoms with van der Waals surface area (Å²) in [4.78, 5) is 8.78. The molecule has 0 spiro atoms. The molecule has 2 N–H and O–H groups in total. The van der Waals surface area contributed by atoms with Gasteiger partial charge in [-0.25, -0.2) is 9.97 Å². The fourth-order valence-electron chi connectivity index (χ4n) is 3.39. The summed E-state index contributed by atoms with van der Waals surface area (Å²) in [7, 11) is 0. The van der Waals surface area contributed by atoms with Crippen LogP contribution in [0.4, 0.5) is 5.82 Å². The molecule has 1 atom stereocenters. The number of aryl methyl sites for hydroxylation is 1. The Bertz CT molecular complexity index is 409. The lowest BCUT2D eigenvalue weighted by atomic mass is 10.00. The van der Waals surface area contributed by atoms with Gasteiger partial charge in [0, 0.05) is 23.8 Å². The normalized spacial score (nSPS) is 23.9. The Labute approximate surface area is 121 Å². The quantitative estimate of drug-likeness (QED) is 0.867. The molecule has 1 saturated carbocycles. The van der Waals surface area contributed by atoms with E-state index in [2.05, 4.69) is 26.7 Å². The van der Waals surface area contributed by atoms with Gasteiger partial charge in [-0.1, -0.05) is 19.3 Å². The van der Waals surface area contributed by atoms with E-state index in [0.717, 1.165) is 12.2 Å². The Balaban J connectivity index is 1.50. The number of nitrogens with zero attached hydrogens (tertiary/aromatic N) is 2. The van der Waals surface area contributed by atoms with Gasteiger partial charge in [-0.15, -0.1) is 0 Å². The van der Waals surface area contributed by atoms with Crippen molar-refractivity contribution in [1.82, 2.24) is 15.3 Å². The number of rotatable bonds is 5. The molecule has 1 saturated heterocycles. The van der Waals surface area contributed by atoms with Crippen molar-refractivity contribution in [3.63, 3.8) is 0 Å². The number of anilines is 1. The Morgan fingerprint density at radius 3 is 2.75 bits per heavy atom. The highest BCUT2D eigenvalue weighted by Gasteiger charge is 2.16. The zero-order valence-electron chi connectivity index (χ0n) is 12.3. The van der Waals surface area contributed by atoms with Crippen molar-refractivity contribution in [3.8, 4) is 0 Å². The fraction of sp³-hybridized carbons (Fsp3) is 0.750. The summed E-state index contributed by atoms with van der Waals surface area (Å²) in [5, 5.41) is 7.16. The molecule has 0 unspecified atom stereocenters. The first kappa shape index (κ1) is 13.8. The Morgan fingerprint density at radius 1 is 1.10 bits per heavy atom. The van der Waals surface area contributed by atoms with Crippen LogP contribution in [0.3, 0.4) is 0 Å². The van der Waals surface area contributed by atoms with Gasteiger partial charge in [0.25, 0.3) is 0 Å². The monoisotopic (exact) mass is 274 g/mol. The molecule has 0 bridgehead atoms. The second kappa shape index (κ2) is 7.02. The van der Waals surface area contributed by atoms with Gasteiger partial charge in [0.2, 0.25) is 0 Å². The van der Waals surface area contributed by atoms with Crippen LogP contribution >= 0.6 is 0 Å². The molecule has 1 aromatic heterocycles. The standard InChI is InChI=1S/C16H26N4/c1-2-7-14(6-1)20-16-11-15(18-12-19-16)9-8-13-5-3-4-10-17-13/h11-14,17H,1-10H2,(H,18,19,20)/t13-/m1/s1. The van der Waals surface area contributed by atoms with Crippen molar-refractivity contribution >= 4 is 5.82 Å². The van der Waals surface area contributed by atoms with Crippen molar-refractivity contribution in [2.45, 2.75) is 69.9 Å². The summed E-state index contributed by atoms with van der Waals surface area (Å²) >= 11 is 0. The Hall–Kier alpha value is -1.16. The highest BCUT2D eigenvalue weighted by molar-refractivity contribution is 5.36. The molecule has 2 fully saturated rings. The third kappa shape index (κ3) is 3.92. The molecule has 4 nitrogen and oxygen atoms in total. The summed E-state index contributed by atoms with van der Waals surface area (Å²) in [6.45, 7) is 1.18. The van der Waals surface area contributed by atoms with Crippen LogP contribution in [0.5, 0.6) is 0 Å². The molecule has 0 aromatic carbocycles. The van der Waals surface area contributed by atoms with Crippen molar-refractivity contribution in [3.05, 3.63) is 18.1 Å². The van der Waals surface area contributed by atoms with Crippen molar-refractivity contribution < 1.29 is 0 Å². The van der Waals surface area contributed by atoms with E-state index in [-0.39, 0.29) is 0 Å². The smallest absolute Gasteiger partial charge is 0.129 e. The number of hydrogen-bond acceptors (Lipinski definition) is 4. The largest absolute Gasteiger partial charge is 0.367 e. The van der Waals surface area contributed by atoms with E-state index in [1.807, 2.05) is 0 Å². The van der Waals surface area contributed by atoms with Gasteiger partial charge in [-0.3, -0.25) is 0 Å². The van der Waals surface area contributed by atoms with Gasteiger partial charge in [-0.05, 0) is 45.1 Å². The first-order valence-corrected chi connectivity index (χ1v) is 8.21. The SMILES string of the molecule is c1nc(CC[C@H]2CCCCN2)cc(NC2CCCC2)n1. The van der Waals surface area contributed by atoms with Gasteiger partial charge in [0.05, 0.1) is 0 Å². The maximum absolute atomic E-state index is 4.42. The van der Waals surface area contributed by atoms with E-state index >= 15 is 0 Å². The lowest BCUT2D eigenvalue weighted by Crippen LogP contribution is -2.34. The summed E-state index contributed by atoms with van der Waals surface area (Å²) < 4.78 is 0. The molecule has 1 aliphatic carbocycles. The van der Waals surface area contributed by atoms with E-state index in [1.165, 1.54) is 63.6 Å². The third-order valence-corrected chi connectivity index (χ3v) is 4.59. The van der Waals surface area contributed by atoms with Crippen LogP contribution in [0.25, 0.3) is 0 Å². The van der Waals surface area contributed by atoms with Crippen LogP contribution in [0.2, 0.25) is 0 Å². The Morgan fingerprint density at radius 2 is 1.95 bits per heavy atom. The van der Waals surface area contributed by atoms with Crippen molar-refractivity contribution in [2.75, 3.05) is 11.9 Å². The summed E-state index contributed by atoms with van der Waals surface area (Å²) in [6, 6.07) is 3.45. The van der Waals surface area contributed by atoms with Gasteiger partial charge in [0.1, 0.15) is 12.1 Å². The lowest BCUT2D eigenvalue weighted by Gasteiger charge is -2.23. The molecule has 4 heteroatoms. The molecule has 0 radical (unpaired) electrons. The molecule has 2 aliphatic rings. The fourth-order valence-corrected chi connectivity index (χ4v) is 3.39. The zero-order valence-corrected chi connectivity index (χ0v) is 12.3. The topological polar surface area (TPSA) is 49.8 Å². The van der Waals surface area contributed by atoms with Crippen LogP contribution in [0.15, 0.2) is 12.4 Å². The minimum Gasteiger partial charge on any atom is -0.367 e. The van der Waals surface area contributed by atoms with Gasteiger partial charge >= 0.3 is 0 Å². The van der Waals surface area contributed by atoms with Crippen LogP contribution < -0.4 is 10.6 Å². The number of piperidine rings is 1. The van der Waals surface area contributed by atoms with E-state index in [0.29, 0.717) is 12.1 Å². The molecule has 1 aliphatic heterocycles. The number of nitrogens with one attached hydrogen (secondary N) is 2. The minimum atomic E-state index is 0.623. The van der Waals surface area contributed by atoms with Gasteiger partial charge < -0.3 is 10.6 Å². The molecular formula is C16H26N4. The second-order valence-corrected chi connectivity index (χ2v) is 6.21. The second-order valence-electron chi connectivity index (χ2n) is 6.21. The Kier molecular flexibility index (Phi) is 4.85. The summed E-state index contributed by atoms with van der Waals surface area (Å²) in [5.74, 6) is 1.01. The van der Waals surface area contributed by atoms with Crippen LogP contribution in [0, 0.1) is 0 Å². The summed E-state index contributed by atoms with van der Waals surface area (Å²) in [5.41, 5.74) is 1.17.